The van der Waals surface area contributed by atoms with Gasteiger partial charge in [0.2, 0.25) is 5.91 Å². The lowest BCUT2D eigenvalue weighted by molar-refractivity contribution is -0.139. The number of aliphatic carboxylic acids is 1. The lowest BCUT2D eigenvalue weighted by Crippen LogP contribution is -2.43. The van der Waals surface area contributed by atoms with Crippen LogP contribution in [-0.4, -0.2) is 42.3 Å². The number of carboxylic acids is 1. The van der Waals surface area contributed by atoms with Crippen molar-refractivity contribution in [1.82, 2.24) is 5.32 Å². The summed E-state index contributed by atoms with van der Waals surface area (Å²) in [6.07, 6.45) is 12.0. The molecule has 7 nitrogen and oxygen atoms in total. The molecule has 2 saturated carbocycles. The predicted octanol–water partition coefficient (Wildman–Crippen LogP) is 8.10. The van der Waals surface area contributed by atoms with Gasteiger partial charge in [0.1, 0.15) is 12.6 Å². The maximum Gasteiger partial charge on any atom is 0.407 e. The maximum absolute atomic E-state index is 13.6. The number of hydrogen-bond acceptors (Lipinski definition) is 4. The van der Waals surface area contributed by atoms with E-state index in [1.807, 2.05) is 65.6 Å². The number of fused-ring (bicyclic) bond motifs is 3. The quantitative estimate of drug-likeness (QED) is 0.225. The third-order valence-corrected chi connectivity index (χ3v) is 10.3. The summed E-state index contributed by atoms with van der Waals surface area (Å²) in [6.45, 7) is 0.860. The van der Waals surface area contributed by atoms with E-state index in [0.29, 0.717) is 18.3 Å². The minimum Gasteiger partial charge on any atom is -0.480 e. The number of nitrogens with one attached hydrogen (secondary N) is 1. The number of rotatable bonds is 11. The van der Waals surface area contributed by atoms with Gasteiger partial charge < -0.3 is 20.1 Å². The molecule has 0 heterocycles. The van der Waals surface area contributed by atoms with Crippen LogP contribution in [0.25, 0.3) is 11.1 Å². The Hall–Kier alpha value is -4.13. The number of benzene rings is 3. The molecule has 3 aromatic carbocycles. The van der Waals surface area contributed by atoms with Gasteiger partial charge in [-0.25, -0.2) is 9.59 Å². The van der Waals surface area contributed by atoms with Gasteiger partial charge in [-0.1, -0.05) is 99.2 Å². The van der Waals surface area contributed by atoms with Crippen LogP contribution in [-0.2, 0) is 20.7 Å². The normalized spacial score (nSPS) is 17.5. The van der Waals surface area contributed by atoms with E-state index in [1.165, 1.54) is 38.5 Å². The van der Waals surface area contributed by atoms with E-state index in [0.717, 1.165) is 65.7 Å². The molecule has 0 aliphatic heterocycles. The topological polar surface area (TPSA) is 95.9 Å². The molecule has 0 unspecified atom stereocenters. The molecular weight excluding hydrogens is 576 g/mol. The number of ether oxygens (including phenoxy) is 1. The van der Waals surface area contributed by atoms with Crippen LogP contribution in [0.2, 0.25) is 0 Å². The standard InChI is InChI=1S/C39H46N2O5/c42-37(24-27-11-3-1-4-12-27)41(25-29-13-5-2-6-14-29)30-21-19-28(20-22-30)23-36(38(43)44)40-39(45)46-26-35-33-17-9-7-15-31(33)32-16-8-10-18-34(32)35/h7-10,15-22,27,29,35-36H,1-6,11-14,23-26H2,(H,40,45)(H,43,44)/t36-/m0/s1. The van der Waals surface area contributed by atoms with Crippen LogP contribution in [0, 0.1) is 11.8 Å². The lowest BCUT2D eigenvalue weighted by Gasteiger charge is -2.32. The number of carbonyl (C=O) groups excluding carboxylic acids is 2. The van der Waals surface area contributed by atoms with Crippen molar-refractivity contribution >= 4 is 23.7 Å². The zero-order valence-corrected chi connectivity index (χ0v) is 26.7. The molecule has 3 aromatic rings. The number of amides is 2. The first kappa shape index (κ1) is 31.8. The Morgan fingerprint density at radius 2 is 1.33 bits per heavy atom. The van der Waals surface area contributed by atoms with Crippen LogP contribution in [0.15, 0.2) is 72.8 Å². The average molecular weight is 623 g/mol. The van der Waals surface area contributed by atoms with Crippen LogP contribution in [0.1, 0.15) is 93.2 Å². The summed E-state index contributed by atoms with van der Waals surface area (Å²) < 4.78 is 5.61. The first-order valence-electron chi connectivity index (χ1n) is 17.2. The zero-order chi connectivity index (χ0) is 31.9. The van der Waals surface area contributed by atoms with E-state index >= 15 is 0 Å². The van der Waals surface area contributed by atoms with Crippen molar-refractivity contribution in [1.29, 1.82) is 0 Å². The minimum atomic E-state index is -1.15. The number of nitrogens with zero attached hydrogens (tertiary/aromatic N) is 1. The molecule has 0 radical (unpaired) electrons. The van der Waals surface area contributed by atoms with E-state index in [9.17, 15) is 19.5 Å². The second-order valence-corrected chi connectivity index (χ2v) is 13.4. The van der Waals surface area contributed by atoms with Crippen LogP contribution >= 0.6 is 0 Å². The van der Waals surface area contributed by atoms with E-state index in [2.05, 4.69) is 17.4 Å². The number of carbonyl (C=O) groups is 3. The fourth-order valence-electron chi connectivity index (χ4n) is 7.76. The monoisotopic (exact) mass is 622 g/mol. The summed E-state index contributed by atoms with van der Waals surface area (Å²) in [4.78, 5) is 40.7. The van der Waals surface area contributed by atoms with Gasteiger partial charge in [0.05, 0.1) is 0 Å². The predicted molar refractivity (Wildman–Crippen MR) is 180 cm³/mol. The van der Waals surface area contributed by atoms with E-state index in [-0.39, 0.29) is 24.9 Å². The molecule has 0 bridgehead atoms. The molecular formula is C39H46N2O5. The van der Waals surface area contributed by atoms with Crippen molar-refractivity contribution in [3.05, 3.63) is 89.5 Å². The Balaban J connectivity index is 1.08. The van der Waals surface area contributed by atoms with E-state index in [1.54, 1.807) is 0 Å². The van der Waals surface area contributed by atoms with Crippen molar-refractivity contribution < 1.29 is 24.2 Å². The van der Waals surface area contributed by atoms with Crippen LogP contribution in [0.4, 0.5) is 10.5 Å². The summed E-state index contributed by atoms with van der Waals surface area (Å²) in [5.41, 5.74) is 6.10. The molecule has 0 spiro atoms. The molecule has 0 saturated heterocycles. The fourth-order valence-corrected chi connectivity index (χ4v) is 7.76. The van der Waals surface area contributed by atoms with Gasteiger partial charge in [0.25, 0.3) is 0 Å². The van der Waals surface area contributed by atoms with Gasteiger partial charge in [-0.15, -0.1) is 0 Å². The smallest absolute Gasteiger partial charge is 0.407 e. The second-order valence-electron chi connectivity index (χ2n) is 13.4. The number of alkyl carbamates (subject to hydrolysis) is 1. The molecule has 0 aromatic heterocycles. The third-order valence-electron chi connectivity index (χ3n) is 10.3. The Morgan fingerprint density at radius 3 is 1.91 bits per heavy atom. The van der Waals surface area contributed by atoms with Crippen molar-refractivity contribution in [3.63, 3.8) is 0 Å². The van der Waals surface area contributed by atoms with Crippen molar-refractivity contribution in [3.8, 4) is 11.1 Å². The summed E-state index contributed by atoms with van der Waals surface area (Å²) >= 11 is 0. The molecule has 2 fully saturated rings. The van der Waals surface area contributed by atoms with E-state index in [4.69, 9.17) is 4.74 Å². The molecule has 2 N–H and O–H groups in total. The summed E-state index contributed by atoms with van der Waals surface area (Å²) in [5.74, 6) is -0.0488. The summed E-state index contributed by atoms with van der Waals surface area (Å²) in [7, 11) is 0. The third kappa shape index (κ3) is 7.63. The number of carboxylic acid groups (broad SMARTS) is 1. The zero-order valence-electron chi connectivity index (χ0n) is 26.7. The van der Waals surface area contributed by atoms with Crippen LogP contribution in [0.3, 0.4) is 0 Å². The van der Waals surface area contributed by atoms with Gasteiger partial charge in [-0.05, 0) is 77.5 Å². The largest absolute Gasteiger partial charge is 0.480 e. The van der Waals surface area contributed by atoms with Crippen molar-refractivity contribution in [2.45, 2.75) is 89.0 Å². The highest BCUT2D eigenvalue weighted by Crippen LogP contribution is 2.44. The molecule has 1 atom stereocenters. The first-order chi connectivity index (χ1) is 22.5. The average Bonchev–Trinajstić information content (AvgIpc) is 3.40. The van der Waals surface area contributed by atoms with Gasteiger partial charge in [-0.2, -0.15) is 0 Å². The van der Waals surface area contributed by atoms with Crippen LogP contribution < -0.4 is 10.2 Å². The molecule has 3 aliphatic rings. The van der Waals surface area contributed by atoms with Gasteiger partial charge in [0, 0.05) is 31.0 Å². The Bertz CT molecular complexity index is 1460. The summed E-state index contributed by atoms with van der Waals surface area (Å²) in [6, 6.07) is 22.7. The highest BCUT2D eigenvalue weighted by molar-refractivity contribution is 5.93. The lowest BCUT2D eigenvalue weighted by atomic mass is 9.86. The highest BCUT2D eigenvalue weighted by atomic mass is 16.5. The van der Waals surface area contributed by atoms with Crippen molar-refractivity contribution in [2.75, 3.05) is 18.1 Å². The number of hydrogen-bond donors (Lipinski definition) is 2. The van der Waals surface area contributed by atoms with Crippen LogP contribution in [0.5, 0.6) is 0 Å². The molecule has 7 heteroatoms. The molecule has 46 heavy (non-hydrogen) atoms. The number of anilines is 1. The fraction of sp³-hybridized carbons (Fsp3) is 0.462. The van der Waals surface area contributed by atoms with Gasteiger partial charge in [0.15, 0.2) is 0 Å². The Morgan fingerprint density at radius 1 is 0.761 bits per heavy atom. The van der Waals surface area contributed by atoms with Gasteiger partial charge in [-0.3, -0.25) is 4.79 Å². The minimum absolute atomic E-state index is 0.105. The SMILES string of the molecule is O=C(N[C@@H](Cc1ccc(N(CC2CCCCC2)C(=O)CC2CCCCC2)cc1)C(=O)O)OCC1c2ccccc2-c2ccccc21. The molecule has 6 rings (SSSR count). The molecule has 2 amide bonds. The Labute approximate surface area is 272 Å². The maximum atomic E-state index is 13.6. The van der Waals surface area contributed by atoms with Gasteiger partial charge >= 0.3 is 12.1 Å². The van der Waals surface area contributed by atoms with E-state index < -0.39 is 18.1 Å². The van der Waals surface area contributed by atoms with Crippen molar-refractivity contribution in [2.24, 2.45) is 11.8 Å². The Kier molecular flexibility index (Phi) is 10.4. The second kappa shape index (κ2) is 15.0. The molecule has 3 aliphatic carbocycles. The summed E-state index contributed by atoms with van der Waals surface area (Å²) in [5, 5.41) is 12.5. The highest BCUT2D eigenvalue weighted by Gasteiger charge is 2.30. The molecule has 242 valence electrons. The first-order valence-corrected chi connectivity index (χ1v) is 17.2.